The zero-order valence-corrected chi connectivity index (χ0v) is 28.9. The molecule has 1 saturated carbocycles. The van der Waals surface area contributed by atoms with Crippen molar-refractivity contribution in [3.05, 3.63) is 76.1 Å². The zero-order chi connectivity index (χ0) is 34.7. The number of aromatic hydroxyl groups is 1. The summed E-state index contributed by atoms with van der Waals surface area (Å²) in [5, 5.41) is 16.4. The van der Waals surface area contributed by atoms with Crippen LogP contribution in [0.3, 0.4) is 0 Å². The number of hydrogen-bond acceptors (Lipinski definition) is 7. The summed E-state index contributed by atoms with van der Waals surface area (Å²) in [6.07, 6.45) is 3.07. The Morgan fingerprint density at radius 1 is 1.06 bits per heavy atom. The fourth-order valence-electron chi connectivity index (χ4n) is 9.04. The summed E-state index contributed by atoms with van der Waals surface area (Å²) in [4.78, 5) is 60.2. The first-order valence-electron chi connectivity index (χ1n) is 16.5. The number of nitrogens with zero attached hydrogens (tertiary/aromatic N) is 4. The van der Waals surface area contributed by atoms with Gasteiger partial charge >= 0.3 is 0 Å². The van der Waals surface area contributed by atoms with Crippen LogP contribution in [0.1, 0.15) is 50.2 Å². The molecule has 2 aliphatic heterocycles. The van der Waals surface area contributed by atoms with Gasteiger partial charge in [0.15, 0.2) is 11.6 Å². The van der Waals surface area contributed by atoms with Crippen LogP contribution in [-0.2, 0) is 26.2 Å². The van der Waals surface area contributed by atoms with Crippen molar-refractivity contribution in [3.8, 4) is 16.3 Å². The van der Waals surface area contributed by atoms with Gasteiger partial charge in [-0.3, -0.25) is 28.8 Å². The second-order valence-corrected chi connectivity index (χ2v) is 15.4. The molecule has 2 aromatic carbocycles. The summed E-state index contributed by atoms with van der Waals surface area (Å²) >= 11 is 7.83. The third-order valence-corrected chi connectivity index (χ3v) is 12.9. The summed E-state index contributed by atoms with van der Waals surface area (Å²) in [5.74, 6) is -5.75. The number of likely N-dealkylation sites (tertiary alicyclic amines) is 1. The summed E-state index contributed by atoms with van der Waals surface area (Å²) in [6, 6.07) is 11.5. The van der Waals surface area contributed by atoms with E-state index in [4.69, 9.17) is 16.7 Å². The van der Waals surface area contributed by atoms with Crippen molar-refractivity contribution in [1.29, 1.82) is 0 Å². The molecular weight excluding hydrogens is 667 g/mol. The predicted octanol–water partition coefficient (Wildman–Crippen LogP) is 6.75. The number of thiophene rings is 1. The van der Waals surface area contributed by atoms with E-state index in [0.29, 0.717) is 41.5 Å². The van der Waals surface area contributed by atoms with E-state index in [-0.39, 0.29) is 18.2 Å². The van der Waals surface area contributed by atoms with E-state index < -0.39 is 58.4 Å². The molecule has 4 aliphatic rings. The molecule has 4 aromatic rings. The van der Waals surface area contributed by atoms with Crippen molar-refractivity contribution in [2.75, 3.05) is 11.4 Å². The first-order valence-corrected chi connectivity index (χ1v) is 17.7. The minimum absolute atomic E-state index is 0.196. The molecule has 0 radical (unpaired) electrons. The maximum Gasteiger partial charge on any atom is 0.242 e. The lowest BCUT2D eigenvalue weighted by Gasteiger charge is -2.49. The molecule has 252 valence electrons. The summed E-state index contributed by atoms with van der Waals surface area (Å²) in [6.45, 7) is 5.97. The Morgan fingerprint density at radius 2 is 1.84 bits per heavy atom. The minimum atomic E-state index is -1.35. The molecule has 49 heavy (non-hydrogen) atoms. The monoisotopic (exact) mass is 700 g/mol. The molecule has 6 atom stereocenters. The molecule has 4 heterocycles. The lowest BCUT2D eigenvalue weighted by molar-refractivity contribution is -0.140. The first-order chi connectivity index (χ1) is 23.4. The molecule has 2 saturated heterocycles. The molecule has 12 heteroatoms. The van der Waals surface area contributed by atoms with Crippen molar-refractivity contribution >= 4 is 62.5 Å². The normalized spacial score (nSPS) is 28.0. The fourth-order valence-corrected chi connectivity index (χ4v) is 10.4. The number of imide groups is 2. The molecule has 4 amide bonds. The van der Waals surface area contributed by atoms with E-state index in [1.165, 1.54) is 26.6 Å². The van der Waals surface area contributed by atoms with Crippen LogP contribution in [0.5, 0.6) is 5.75 Å². The van der Waals surface area contributed by atoms with Crippen LogP contribution in [-0.4, -0.2) is 50.0 Å². The van der Waals surface area contributed by atoms with Crippen LogP contribution >= 0.6 is 22.9 Å². The Bertz CT molecular complexity index is 2170. The van der Waals surface area contributed by atoms with Crippen LogP contribution in [0.2, 0.25) is 5.02 Å². The highest BCUT2D eigenvalue weighted by Gasteiger charge is 2.68. The van der Waals surface area contributed by atoms with E-state index in [1.807, 2.05) is 38.1 Å². The molecule has 3 fully saturated rings. The van der Waals surface area contributed by atoms with E-state index in [0.717, 1.165) is 26.1 Å². The highest BCUT2D eigenvalue weighted by molar-refractivity contribution is 7.22. The van der Waals surface area contributed by atoms with Crippen LogP contribution in [0.15, 0.2) is 54.1 Å². The molecule has 1 N–H and O–H groups in total. The van der Waals surface area contributed by atoms with Crippen LogP contribution in [0.4, 0.5) is 10.2 Å². The van der Waals surface area contributed by atoms with Crippen LogP contribution in [0.25, 0.3) is 20.7 Å². The minimum Gasteiger partial charge on any atom is -0.505 e. The highest BCUT2D eigenvalue weighted by atomic mass is 35.5. The Hall–Kier alpha value is -4.35. The van der Waals surface area contributed by atoms with Gasteiger partial charge in [0.1, 0.15) is 11.5 Å². The SMILES string of the molecule is CCCN1C(=O)[C@H]2[C@H](CC=C3[C@H]2C[C@H]2C(=O)N(c4cc(-c5sc6ccc(Cl)cc6c5C)nn4C)C(=O)[C@@]2(C)[C@H]3c2ccc(O)c(F)c2)C1=O. The number of amides is 4. The summed E-state index contributed by atoms with van der Waals surface area (Å²) in [5.41, 5.74) is 1.43. The average molecular weight is 701 g/mol. The summed E-state index contributed by atoms with van der Waals surface area (Å²) < 4.78 is 17.6. The molecule has 9 nitrogen and oxygen atoms in total. The van der Waals surface area contributed by atoms with E-state index in [2.05, 4.69) is 0 Å². The van der Waals surface area contributed by atoms with Crippen molar-refractivity contribution in [3.63, 3.8) is 0 Å². The second kappa shape index (κ2) is 11.1. The number of aromatic nitrogens is 2. The number of halogens is 2. The maximum atomic E-state index is 15.0. The molecule has 0 bridgehead atoms. The Morgan fingerprint density at radius 3 is 2.57 bits per heavy atom. The van der Waals surface area contributed by atoms with Crippen molar-refractivity contribution in [1.82, 2.24) is 14.7 Å². The van der Waals surface area contributed by atoms with Crippen molar-refractivity contribution in [2.24, 2.45) is 36.1 Å². The summed E-state index contributed by atoms with van der Waals surface area (Å²) in [7, 11) is 1.69. The largest absolute Gasteiger partial charge is 0.505 e. The van der Waals surface area contributed by atoms with E-state index in [9.17, 15) is 28.7 Å². The third kappa shape index (κ3) is 4.37. The number of anilines is 1. The molecule has 0 unspecified atom stereocenters. The number of benzene rings is 2. The number of aryl methyl sites for hydroxylation is 2. The lowest BCUT2D eigenvalue weighted by atomic mass is 9.51. The van der Waals surface area contributed by atoms with Gasteiger partial charge in [-0.15, -0.1) is 11.3 Å². The second-order valence-electron chi connectivity index (χ2n) is 13.9. The van der Waals surface area contributed by atoms with E-state index in [1.54, 1.807) is 37.4 Å². The van der Waals surface area contributed by atoms with Crippen LogP contribution in [0, 0.1) is 41.8 Å². The predicted molar refractivity (Wildman–Crippen MR) is 183 cm³/mol. The number of rotatable bonds is 5. The fraction of sp³-hybridized carbons (Fsp3) is 0.378. The number of allylic oxidation sites excluding steroid dienone is 2. The van der Waals surface area contributed by atoms with Gasteiger partial charge in [0.05, 0.1) is 28.0 Å². The third-order valence-electron chi connectivity index (χ3n) is 11.3. The van der Waals surface area contributed by atoms with Gasteiger partial charge in [0, 0.05) is 35.3 Å². The van der Waals surface area contributed by atoms with Gasteiger partial charge in [0.25, 0.3) is 0 Å². The lowest BCUT2D eigenvalue weighted by Crippen LogP contribution is -2.49. The smallest absolute Gasteiger partial charge is 0.242 e. The first kappa shape index (κ1) is 31.9. The Balaban J connectivity index is 1.25. The topological polar surface area (TPSA) is 113 Å². The van der Waals surface area contributed by atoms with E-state index >= 15 is 0 Å². The number of phenols is 1. The molecule has 2 aromatic heterocycles. The average Bonchev–Trinajstić information content (AvgIpc) is 3.73. The number of hydrogen-bond donors (Lipinski definition) is 1. The molecule has 0 spiro atoms. The van der Waals surface area contributed by atoms with Crippen LogP contribution < -0.4 is 4.90 Å². The number of phenolic OH excluding ortho intramolecular Hbond substituents is 1. The van der Waals surface area contributed by atoms with Crippen molar-refractivity contribution in [2.45, 2.75) is 46.0 Å². The van der Waals surface area contributed by atoms with Gasteiger partial charge in [0.2, 0.25) is 23.6 Å². The molecular formula is C37H34ClFN4O5S. The van der Waals surface area contributed by atoms with Gasteiger partial charge in [-0.1, -0.05) is 36.2 Å². The number of fused-ring (bicyclic) bond motifs is 5. The Labute approximate surface area is 290 Å². The number of carbonyl (C=O) groups excluding carboxylic acids is 4. The van der Waals surface area contributed by atoms with Crippen molar-refractivity contribution < 1.29 is 28.7 Å². The molecule has 2 aliphatic carbocycles. The van der Waals surface area contributed by atoms with Gasteiger partial charge in [-0.25, -0.2) is 9.29 Å². The standard InChI is InChI=1S/C37H34ClFN4O5S/c1-5-12-42-33(45)21-9-8-20-23(30(21)35(42)47)15-24-34(46)43(36(48)37(24,3)31(20)18-6-10-27(44)25(39)13-18)29-16-26(40-41(29)4)32-17(2)22-14-19(38)7-11-28(22)49-32/h6-8,10-11,13-14,16,21,23-24,30-31,44H,5,9,12,15H2,1-4H3/t21-,23+,24-,30-,31-,37+/m0/s1. The quantitative estimate of drug-likeness (QED) is 0.182. The zero-order valence-electron chi connectivity index (χ0n) is 27.4. The van der Waals surface area contributed by atoms with Gasteiger partial charge < -0.3 is 5.11 Å². The van der Waals surface area contributed by atoms with Gasteiger partial charge in [-0.2, -0.15) is 5.10 Å². The van der Waals surface area contributed by atoms with Gasteiger partial charge in [-0.05, 0) is 85.9 Å². The highest BCUT2D eigenvalue weighted by Crippen LogP contribution is 2.63. The Kier molecular flexibility index (Phi) is 7.21. The molecule has 8 rings (SSSR count). The maximum absolute atomic E-state index is 15.0. The number of carbonyl (C=O) groups is 4.